The van der Waals surface area contributed by atoms with E-state index in [4.69, 9.17) is 9.47 Å². The number of aromatic nitrogens is 2. The Morgan fingerprint density at radius 3 is 2.44 bits per heavy atom. The lowest BCUT2D eigenvalue weighted by Gasteiger charge is -2.14. The standard InChI is InChI=1S/C28H29N3O3/c1-19-6-9-22(10-7-19)17-31-14-13-27(30-31)29-28(32)23-11-12-25(33-4)24(16-23)18-34-26-15-20(2)5-8-21(26)3/h5-16H,17-18H2,1-4H3,(H,29,30,32). The lowest BCUT2D eigenvalue weighted by atomic mass is 10.1. The Morgan fingerprint density at radius 1 is 0.912 bits per heavy atom. The number of amides is 1. The van der Waals surface area contributed by atoms with Crippen LogP contribution in [-0.2, 0) is 13.2 Å². The summed E-state index contributed by atoms with van der Waals surface area (Å²) in [5.74, 6) is 1.75. The molecule has 0 bridgehead atoms. The van der Waals surface area contributed by atoms with Crippen molar-refractivity contribution in [1.29, 1.82) is 0 Å². The van der Waals surface area contributed by atoms with E-state index in [9.17, 15) is 4.79 Å². The maximum absolute atomic E-state index is 12.9. The maximum atomic E-state index is 12.9. The fourth-order valence-corrected chi connectivity index (χ4v) is 3.64. The zero-order valence-electron chi connectivity index (χ0n) is 20.0. The lowest BCUT2D eigenvalue weighted by molar-refractivity contribution is 0.102. The first-order valence-electron chi connectivity index (χ1n) is 11.2. The van der Waals surface area contributed by atoms with E-state index in [-0.39, 0.29) is 5.91 Å². The molecule has 4 aromatic rings. The van der Waals surface area contributed by atoms with Crippen LogP contribution in [0, 0.1) is 20.8 Å². The second-order valence-electron chi connectivity index (χ2n) is 8.42. The third kappa shape index (κ3) is 5.64. The van der Waals surface area contributed by atoms with Crippen LogP contribution in [0.15, 0.2) is 72.9 Å². The minimum Gasteiger partial charge on any atom is -0.496 e. The van der Waals surface area contributed by atoms with Crippen molar-refractivity contribution in [2.75, 3.05) is 12.4 Å². The van der Waals surface area contributed by atoms with Crippen LogP contribution in [0.4, 0.5) is 5.82 Å². The molecule has 0 aliphatic carbocycles. The number of ether oxygens (including phenoxy) is 2. The molecule has 1 heterocycles. The number of benzene rings is 3. The number of anilines is 1. The molecule has 0 unspecified atom stereocenters. The highest BCUT2D eigenvalue weighted by Crippen LogP contribution is 2.25. The van der Waals surface area contributed by atoms with Gasteiger partial charge in [-0.05, 0) is 61.7 Å². The van der Waals surface area contributed by atoms with Crippen molar-refractivity contribution in [2.24, 2.45) is 0 Å². The van der Waals surface area contributed by atoms with Crippen molar-refractivity contribution < 1.29 is 14.3 Å². The van der Waals surface area contributed by atoms with Gasteiger partial charge in [0.25, 0.3) is 5.91 Å². The molecule has 0 atom stereocenters. The number of nitrogens with one attached hydrogen (secondary N) is 1. The van der Waals surface area contributed by atoms with E-state index < -0.39 is 0 Å². The number of rotatable bonds is 8. The largest absolute Gasteiger partial charge is 0.496 e. The van der Waals surface area contributed by atoms with Gasteiger partial charge >= 0.3 is 0 Å². The van der Waals surface area contributed by atoms with E-state index >= 15 is 0 Å². The van der Waals surface area contributed by atoms with Crippen molar-refractivity contribution in [2.45, 2.75) is 33.9 Å². The summed E-state index contributed by atoms with van der Waals surface area (Å²) in [6.07, 6.45) is 1.85. The number of methoxy groups -OCH3 is 1. The Balaban J connectivity index is 1.44. The van der Waals surface area contributed by atoms with E-state index in [0.29, 0.717) is 30.3 Å². The van der Waals surface area contributed by atoms with Crippen LogP contribution in [0.25, 0.3) is 0 Å². The molecule has 1 aromatic heterocycles. The van der Waals surface area contributed by atoms with Crippen LogP contribution in [-0.4, -0.2) is 22.8 Å². The first kappa shape index (κ1) is 23.1. The molecule has 0 fully saturated rings. The summed E-state index contributed by atoms with van der Waals surface area (Å²) in [5.41, 5.74) is 5.85. The lowest BCUT2D eigenvalue weighted by Crippen LogP contribution is -2.14. The molecule has 0 saturated carbocycles. The highest BCUT2D eigenvalue weighted by Gasteiger charge is 2.13. The first-order chi connectivity index (χ1) is 16.4. The predicted molar refractivity (Wildman–Crippen MR) is 134 cm³/mol. The summed E-state index contributed by atoms with van der Waals surface area (Å²) in [6.45, 7) is 7.03. The summed E-state index contributed by atoms with van der Waals surface area (Å²) in [4.78, 5) is 12.9. The van der Waals surface area contributed by atoms with Crippen LogP contribution in [0.3, 0.4) is 0 Å². The van der Waals surface area contributed by atoms with Crippen LogP contribution in [0.2, 0.25) is 0 Å². The van der Waals surface area contributed by atoms with Gasteiger partial charge in [-0.1, -0.05) is 42.0 Å². The van der Waals surface area contributed by atoms with Gasteiger partial charge in [0.1, 0.15) is 18.1 Å². The fraction of sp³-hybridized carbons (Fsp3) is 0.214. The van der Waals surface area contributed by atoms with Crippen LogP contribution < -0.4 is 14.8 Å². The fourth-order valence-electron chi connectivity index (χ4n) is 3.64. The minimum absolute atomic E-state index is 0.240. The van der Waals surface area contributed by atoms with E-state index in [2.05, 4.69) is 47.7 Å². The summed E-state index contributed by atoms with van der Waals surface area (Å²) >= 11 is 0. The summed E-state index contributed by atoms with van der Waals surface area (Å²) in [5, 5.41) is 7.35. The second-order valence-corrected chi connectivity index (χ2v) is 8.42. The van der Waals surface area contributed by atoms with Crippen LogP contribution >= 0.6 is 0 Å². The zero-order chi connectivity index (χ0) is 24.1. The molecule has 0 aliphatic rings. The Morgan fingerprint density at radius 2 is 1.68 bits per heavy atom. The second kappa shape index (κ2) is 10.3. The molecule has 1 N–H and O–H groups in total. The molecule has 174 valence electrons. The Kier molecular flexibility index (Phi) is 6.97. The Bertz CT molecular complexity index is 1290. The van der Waals surface area contributed by atoms with Gasteiger partial charge in [-0.2, -0.15) is 5.10 Å². The Labute approximate surface area is 200 Å². The number of carbonyl (C=O) groups excluding carboxylic acids is 1. The average molecular weight is 456 g/mol. The maximum Gasteiger partial charge on any atom is 0.256 e. The molecule has 34 heavy (non-hydrogen) atoms. The number of aryl methyl sites for hydroxylation is 3. The molecule has 0 aliphatic heterocycles. The van der Waals surface area contributed by atoms with E-state index in [1.807, 2.05) is 32.2 Å². The smallest absolute Gasteiger partial charge is 0.256 e. The third-order valence-electron chi connectivity index (χ3n) is 5.62. The zero-order valence-corrected chi connectivity index (χ0v) is 20.0. The number of nitrogens with zero attached hydrogens (tertiary/aromatic N) is 2. The van der Waals surface area contributed by atoms with Crippen LogP contribution in [0.5, 0.6) is 11.5 Å². The molecule has 4 rings (SSSR count). The molecular formula is C28H29N3O3. The van der Waals surface area contributed by atoms with E-state index in [1.54, 1.807) is 36.1 Å². The topological polar surface area (TPSA) is 65.4 Å². The van der Waals surface area contributed by atoms with Gasteiger partial charge in [0.05, 0.1) is 13.7 Å². The first-order valence-corrected chi connectivity index (χ1v) is 11.2. The van der Waals surface area contributed by atoms with Crippen molar-refractivity contribution >= 4 is 11.7 Å². The van der Waals surface area contributed by atoms with Gasteiger partial charge in [0, 0.05) is 23.4 Å². The molecular weight excluding hydrogens is 426 g/mol. The predicted octanol–water partition coefficient (Wildman–Crippen LogP) is 5.70. The molecule has 6 nitrogen and oxygen atoms in total. The van der Waals surface area contributed by atoms with Gasteiger partial charge in [0.15, 0.2) is 5.82 Å². The van der Waals surface area contributed by atoms with Gasteiger partial charge in [-0.15, -0.1) is 0 Å². The molecule has 3 aromatic carbocycles. The molecule has 0 saturated heterocycles. The van der Waals surface area contributed by atoms with E-state index in [0.717, 1.165) is 28.0 Å². The number of carbonyl (C=O) groups is 1. The SMILES string of the molecule is COc1ccc(C(=O)Nc2ccn(Cc3ccc(C)cc3)n2)cc1COc1cc(C)ccc1C. The van der Waals surface area contributed by atoms with Gasteiger partial charge < -0.3 is 14.8 Å². The normalized spacial score (nSPS) is 10.7. The summed E-state index contributed by atoms with van der Waals surface area (Å²) in [7, 11) is 1.61. The number of hydrogen-bond donors (Lipinski definition) is 1. The van der Waals surface area contributed by atoms with Crippen molar-refractivity contribution in [3.05, 3.63) is 106 Å². The monoisotopic (exact) mass is 455 g/mol. The van der Waals surface area contributed by atoms with Gasteiger partial charge in [0.2, 0.25) is 0 Å². The molecule has 0 spiro atoms. The minimum atomic E-state index is -0.240. The van der Waals surface area contributed by atoms with Crippen LogP contribution in [0.1, 0.15) is 38.2 Å². The van der Waals surface area contributed by atoms with Crippen molar-refractivity contribution in [3.63, 3.8) is 0 Å². The molecule has 0 radical (unpaired) electrons. The quantitative estimate of drug-likeness (QED) is 0.370. The highest BCUT2D eigenvalue weighted by molar-refractivity contribution is 6.04. The van der Waals surface area contributed by atoms with Crippen molar-refractivity contribution in [1.82, 2.24) is 9.78 Å². The average Bonchev–Trinajstić information content (AvgIpc) is 3.27. The van der Waals surface area contributed by atoms with E-state index in [1.165, 1.54) is 5.56 Å². The molecule has 1 amide bonds. The third-order valence-corrected chi connectivity index (χ3v) is 5.62. The molecule has 6 heteroatoms. The summed E-state index contributed by atoms with van der Waals surface area (Å²) in [6, 6.07) is 21.5. The van der Waals surface area contributed by atoms with Gasteiger partial charge in [-0.25, -0.2) is 0 Å². The van der Waals surface area contributed by atoms with Crippen molar-refractivity contribution in [3.8, 4) is 11.5 Å². The number of hydrogen-bond acceptors (Lipinski definition) is 4. The Hall–Kier alpha value is -4.06. The highest BCUT2D eigenvalue weighted by atomic mass is 16.5. The van der Waals surface area contributed by atoms with Gasteiger partial charge in [-0.3, -0.25) is 9.48 Å². The summed E-state index contributed by atoms with van der Waals surface area (Å²) < 4.78 is 13.3.